The van der Waals surface area contributed by atoms with Gasteiger partial charge in [0, 0.05) is 44.2 Å². The Balaban J connectivity index is 1.62. The number of nitrogens with two attached hydrogens (primary N) is 1. The number of unbranched alkanes of at least 4 members (excludes halogenated alkanes) is 3. The molecule has 0 unspecified atom stereocenters. The zero-order valence-electron chi connectivity index (χ0n) is 41.7. The van der Waals surface area contributed by atoms with Crippen molar-refractivity contribution in [3.63, 3.8) is 0 Å². The first-order valence-electron chi connectivity index (χ1n) is 24.9. The third-order valence-electron chi connectivity index (χ3n) is 12.6. The number of hydrogen-bond donors (Lipinski definition) is 11. The topological polar surface area (TPSA) is 354 Å². The highest BCUT2D eigenvalue weighted by molar-refractivity contribution is 7.98. The summed E-state index contributed by atoms with van der Waals surface area (Å²) in [6.07, 6.45) is 16.3. The Hall–Kier alpha value is -4.61. The molecule has 1 saturated carbocycles. The van der Waals surface area contributed by atoms with Crippen LogP contribution in [0.25, 0.3) is 0 Å². The van der Waals surface area contributed by atoms with Crippen LogP contribution in [-0.2, 0) is 53.9 Å². The summed E-state index contributed by atoms with van der Waals surface area (Å²) in [6, 6.07) is -8.37. The lowest BCUT2D eigenvalue weighted by atomic mass is 9.85. The zero-order valence-corrected chi connectivity index (χ0v) is 43.4. The number of amides is 8. The van der Waals surface area contributed by atoms with E-state index in [4.69, 9.17) is 5.73 Å². The van der Waals surface area contributed by atoms with E-state index in [1.165, 1.54) is 67.7 Å². The Labute approximate surface area is 420 Å². The molecule has 25 heteroatoms. The Bertz CT molecular complexity index is 1920. The fraction of sp³-hybridized carbons (Fsp3) is 0.761. The van der Waals surface area contributed by atoms with E-state index in [1.54, 1.807) is 6.26 Å². The molecule has 0 bridgehead atoms. The van der Waals surface area contributed by atoms with Crippen molar-refractivity contribution in [1.82, 2.24) is 46.8 Å². The minimum atomic E-state index is -5.24. The standard InChI is InChI=1S/C46H79N10O13PS/c1-29(2)24-34(53-45(64)37-17-13-22-56(37)39(59)19-9-6-12-21-49-38(58)18-11-10-16-31-14-7-5-8-15-31)42(61)52-35(25-32-26-48-28-50-32)43(62)54-36(27-57)44(63)55-40(30(3)69-70(66,67)68)46(65)51-33(41(47)60)20-23-71-4/h26,28-31,33-37,40,57H,5-25,27H2,1-4H3,(H2,47,60)(H,48,50)(H,49,58)(H,51,65)(H,52,61)(H,53,64)(H,54,62)(H,55,63)(H2,66,67,68)/t30-,33+,34+,35+,36+,37+,40+/m1/s1. The van der Waals surface area contributed by atoms with Crippen molar-refractivity contribution < 1.29 is 62.3 Å². The summed E-state index contributed by atoms with van der Waals surface area (Å²) in [5, 5.41) is 25.6. The zero-order chi connectivity index (χ0) is 52.5. The number of likely N-dealkylation sites (tertiary alicyclic amines) is 1. The number of carbonyl (C=O) groups is 8. The fourth-order valence-electron chi connectivity index (χ4n) is 8.82. The van der Waals surface area contributed by atoms with Gasteiger partial charge in [-0.2, -0.15) is 11.8 Å². The second-order valence-electron chi connectivity index (χ2n) is 19.0. The van der Waals surface area contributed by atoms with Crippen LogP contribution < -0.4 is 37.6 Å². The van der Waals surface area contributed by atoms with Crippen LogP contribution >= 0.6 is 19.6 Å². The van der Waals surface area contributed by atoms with E-state index in [1.807, 2.05) is 13.8 Å². The van der Waals surface area contributed by atoms with Gasteiger partial charge >= 0.3 is 7.82 Å². The number of rotatable bonds is 33. The smallest absolute Gasteiger partial charge is 0.394 e. The van der Waals surface area contributed by atoms with Crippen molar-refractivity contribution in [2.75, 3.05) is 31.7 Å². The summed E-state index contributed by atoms with van der Waals surface area (Å²) in [6.45, 7) is 4.58. The molecule has 8 amide bonds. The summed E-state index contributed by atoms with van der Waals surface area (Å²) < 4.78 is 16.4. The first-order valence-corrected chi connectivity index (χ1v) is 27.8. The quantitative estimate of drug-likeness (QED) is 0.0345. The van der Waals surface area contributed by atoms with Gasteiger partial charge in [-0.3, -0.25) is 42.9 Å². The molecule has 3 rings (SSSR count). The van der Waals surface area contributed by atoms with Gasteiger partial charge in [0.05, 0.1) is 19.0 Å². The third kappa shape index (κ3) is 22.8. The lowest BCUT2D eigenvalue weighted by Gasteiger charge is -2.29. The van der Waals surface area contributed by atoms with Crippen molar-refractivity contribution in [3.8, 4) is 0 Å². The van der Waals surface area contributed by atoms with Crippen LogP contribution in [0.3, 0.4) is 0 Å². The molecule has 1 saturated heterocycles. The van der Waals surface area contributed by atoms with Gasteiger partial charge in [-0.05, 0) is 75.7 Å². The van der Waals surface area contributed by atoms with E-state index in [0.29, 0.717) is 56.6 Å². The van der Waals surface area contributed by atoms with Gasteiger partial charge in [0.25, 0.3) is 0 Å². The molecule has 0 radical (unpaired) electrons. The molecule has 1 aromatic heterocycles. The van der Waals surface area contributed by atoms with Crippen molar-refractivity contribution in [2.24, 2.45) is 17.6 Å². The summed E-state index contributed by atoms with van der Waals surface area (Å²) in [4.78, 5) is 134. The molecule has 23 nitrogen and oxygen atoms in total. The van der Waals surface area contributed by atoms with Gasteiger partial charge in [0.15, 0.2) is 0 Å². The monoisotopic (exact) mass is 1040 g/mol. The lowest BCUT2D eigenvalue weighted by Crippen LogP contribution is -2.62. The number of hydrogen-bond acceptors (Lipinski definition) is 13. The maximum absolute atomic E-state index is 14.1. The largest absolute Gasteiger partial charge is 0.469 e. The van der Waals surface area contributed by atoms with Crippen molar-refractivity contribution in [1.29, 1.82) is 0 Å². The average molecular weight is 1040 g/mol. The fourth-order valence-corrected chi connectivity index (χ4v) is 9.84. The van der Waals surface area contributed by atoms with E-state index >= 15 is 0 Å². The number of phosphoric acid groups is 1. The molecule has 1 aliphatic heterocycles. The van der Waals surface area contributed by atoms with E-state index in [9.17, 15) is 57.8 Å². The van der Waals surface area contributed by atoms with Crippen LogP contribution in [0.1, 0.15) is 136 Å². The molecule has 0 aromatic carbocycles. The minimum absolute atomic E-state index is 0.0489. The molecular formula is C46H79N10O13PS. The van der Waals surface area contributed by atoms with Gasteiger partial charge in [0.2, 0.25) is 47.3 Å². The summed E-state index contributed by atoms with van der Waals surface area (Å²) in [5.74, 6) is -4.59. The molecule has 402 valence electrons. The van der Waals surface area contributed by atoms with Gasteiger partial charge < -0.3 is 62.4 Å². The van der Waals surface area contributed by atoms with Crippen LogP contribution in [0.2, 0.25) is 0 Å². The number of carbonyl (C=O) groups excluding carboxylic acids is 8. The molecule has 0 spiro atoms. The molecule has 1 aliphatic carbocycles. The van der Waals surface area contributed by atoms with Gasteiger partial charge in [0.1, 0.15) is 36.3 Å². The summed E-state index contributed by atoms with van der Waals surface area (Å²) in [5.41, 5.74) is 5.82. The number of phosphoric ester groups is 1. The van der Waals surface area contributed by atoms with Crippen molar-refractivity contribution in [2.45, 2.75) is 179 Å². The predicted octanol–water partition coefficient (Wildman–Crippen LogP) is 0.959. The van der Waals surface area contributed by atoms with E-state index < -0.39 is 92.2 Å². The highest BCUT2D eigenvalue weighted by Crippen LogP contribution is 2.38. The highest BCUT2D eigenvalue weighted by atomic mass is 32.2. The Morgan fingerprint density at radius 2 is 1.49 bits per heavy atom. The molecule has 71 heavy (non-hydrogen) atoms. The second kappa shape index (κ2) is 31.8. The van der Waals surface area contributed by atoms with E-state index in [-0.39, 0.29) is 43.4 Å². The average Bonchev–Trinajstić information content (AvgIpc) is 4.03. The highest BCUT2D eigenvalue weighted by Gasteiger charge is 2.39. The normalized spacial score (nSPS) is 17.8. The number of aromatic nitrogens is 2. The first-order chi connectivity index (χ1) is 33.7. The van der Waals surface area contributed by atoms with Crippen LogP contribution in [-0.4, -0.2) is 151 Å². The molecule has 12 N–H and O–H groups in total. The summed E-state index contributed by atoms with van der Waals surface area (Å²) >= 11 is 1.35. The number of nitrogens with one attached hydrogen (secondary N) is 7. The van der Waals surface area contributed by atoms with Crippen molar-refractivity contribution in [3.05, 3.63) is 18.2 Å². The number of H-pyrrole nitrogens is 1. The third-order valence-corrected chi connectivity index (χ3v) is 13.9. The van der Waals surface area contributed by atoms with E-state index in [2.05, 4.69) is 46.4 Å². The van der Waals surface area contributed by atoms with Gasteiger partial charge in [-0.15, -0.1) is 0 Å². The van der Waals surface area contributed by atoms with Crippen LogP contribution in [0, 0.1) is 11.8 Å². The maximum Gasteiger partial charge on any atom is 0.469 e. The molecule has 7 atom stereocenters. The number of imidazole rings is 1. The Kier molecular flexibility index (Phi) is 27.2. The number of aromatic amines is 1. The maximum atomic E-state index is 14.1. The SMILES string of the molecule is CSCC[C@H](NC(=O)[C@@H](NC(=O)[C@H](CO)NC(=O)[C@H](Cc1cnc[nH]1)NC(=O)[C@H](CC(C)C)NC(=O)[C@@H]1CCCN1C(=O)CCCCCNC(=O)CCCCC1CCCCC1)[C@@H](C)OP(=O)(O)O)C(N)=O. The Morgan fingerprint density at radius 1 is 0.831 bits per heavy atom. The van der Waals surface area contributed by atoms with Gasteiger partial charge in [-0.25, -0.2) is 9.55 Å². The number of aliphatic hydroxyl groups excluding tert-OH is 1. The van der Waals surface area contributed by atoms with Crippen LogP contribution in [0.4, 0.5) is 0 Å². The number of primary amides is 1. The lowest BCUT2D eigenvalue weighted by molar-refractivity contribution is -0.140. The van der Waals surface area contributed by atoms with E-state index in [0.717, 1.165) is 32.1 Å². The number of aliphatic hydroxyl groups is 1. The molecule has 1 aromatic rings. The predicted molar refractivity (Wildman–Crippen MR) is 265 cm³/mol. The molecule has 2 heterocycles. The first kappa shape index (κ1) is 60.7. The molecule has 2 fully saturated rings. The van der Waals surface area contributed by atoms with Gasteiger partial charge in [-0.1, -0.05) is 65.2 Å². The molecular weight excluding hydrogens is 964 g/mol. The Morgan fingerprint density at radius 3 is 2.13 bits per heavy atom. The van der Waals surface area contributed by atoms with Crippen LogP contribution in [0.5, 0.6) is 0 Å². The van der Waals surface area contributed by atoms with Crippen LogP contribution in [0.15, 0.2) is 12.5 Å². The number of nitrogens with zero attached hydrogens (tertiary/aromatic N) is 2. The minimum Gasteiger partial charge on any atom is -0.394 e. The number of thioether (sulfide) groups is 1. The summed E-state index contributed by atoms with van der Waals surface area (Å²) in [7, 11) is -5.24. The molecule has 2 aliphatic rings. The second-order valence-corrected chi connectivity index (χ2v) is 21.1. The van der Waals surface area contributed by atoms with Crippen molar-refractivity contribution >= 4 is 66.8 Å².